The lowest BCUT2D eigenvalue weighted by Crippen LogP contribution is -2.44. The summed E-state index contributed by atoms with van der Waals surface area (Å²) in [5, 5.41) is 0. The van der Waals surface area contributed by atoms with E-state index in [4.69, 9.17) is 0 Å². The van der Waals surface area contributed by atoms with Gasteiger partial charge in [-0.2, -0.15) is 0 Å². The molecule has 1 spiro atoms. The fraction of sp³-hybridized carbons (Fsp3) is 0.905. The molecule has 0 aromatic heterocycles. The van der Waals surface area contributed by atoms with Crippen molar-refractivity contribution in [2.45, 2.75) is 93.5 Å². The molecule has 1 heteroatoms. The molecule has 1 aliphatic carbocycles. The molecule has 0 N–H and O–H groups in total. The van der Waals surface area contributed by atoms with Crippen LogP contribution >= 0.6 is 0 Å². The predicted octanol–water partition coefficient (Wildman–Crippen LogP) is 6.30. The molecule has 0 saturated carbocycles. The van der Waals surface area contributed by atoms with Gasteiger partial charge in [-0.3, -0.25) is 0 Å². The molecule has 0 bridgehead atoms. The Morgan fingerprint density at radius 2 is 1.59 bits per heavy atom. The highest BCUT2D eigenvalue weighted by Gasteiger charge is 2.46. The van der Waals surface area contributed by atoms with Crippen LogP contribution in [0.5, 0.6) is 0 Å². The molecule has 1 heterocycles. The van der Waals surface area contributed by atoms with Crippen molar-refractivity contribution in [1.29, 1.82) is 0 Å². The molecule has 0 aromatic rings. The highest BCUT2D eigenvalue weighted by atomic mass is 15.2. The van der Waals surface area contributed by atoms with E-state index in [9.17, 15) is 0 Å². The molecule has 1 atom stereocenters. The molecule has 0 aromatic carbocycles. The van der Waals surface area contributed by atoms with Crippen LogP contribution in [0.2, 0.25) is 0 Å². The van der Waals surface area contributed by atoms with Crippen LogP contribution in [0.25, 0.3) is 0 Å². The summed E-state index contributed by atoms with van der Waals surface area (Å²) in [5.41, 5.74) is 4.27. The lowest BCUT2D eigenvalue weighted by molar-refractivity contribution is 0.0953. The molecule has 0 radical (unpaired) electrons. The third-order valence-electron chi connectivity index (χ3n) is 5.98. The smallest absolute Gasteiger partial charge is 0.00386 e. The Morgan fingerprint density at radius 3 is 1.95 bits per heavy atom. The van der Waals surface area contributed by atoms with E-state index in [1.807, 2.05) is 25.0 Å². The fourth-order valence-corrected chi connectivity index (χ4v) is 5.06. The number of likely N-dealkylation sites (tertiary alicyclic amines) is 1. The minimum absolute atomic E-state index is 0.561. The van der Waals surface area contributed by atoms with Gasteiger partial charge in [0.25, 0.3) is 0 Å². The second-order valence-electron chi connectivity index (χ2n) is 7.67. The Labute approximate surface area is 140 Å². The summed E-state index contributed by atoms with van der Waals surface area (Å²) < 4.78 is 0. The average molecular weight is 308 g/mol. The van der Waals surface area contributed by atoms with E-state index in [2.05, 4.69) is 46.4 Å². The second kappa shape index (κ2) is 8.52. The number of piperidine rings is 1. The zero-order chi connectivity index (χ0) is 16.9. The van der Waals surface area contributed by atoms with Gasteiger partial charge in [0.15, 0.2) is 0 Å². The van der Waals surface area contributed by atoms with Crippen molar-refractivity contribution >= 4 is 0 Å². The van der Waals surface area contributed by atoms with Crippen LogP contribution in [0.1, 0.15) is 87.5 Å². The third-order valence-corrected chi connectivity index (χ3v) is 5.98. The highest BCUT2D eigenvalue weighted by molar-refractivity contribution is 5.33. The Hall–Kier alpha value is -0.300. The Morgan fingerprint density at radius 1 is 1.05 bits per heavy atom. The summed E-state index contributed by atoms with van der Waals surface area (Å²) in [6.07, 6.45) is 6.88. The van der Waals surface area contributed by atoms with E-state index in [1.165, 1.54) is 45.2 Å². The van der Waals surface area contributed by atoms with Crippen molar-refractivity contribution < 1.29 is 0 Å². The first-order valence-electron chi connectivity index (χ1n) is 9.92. The van der Waals surface area contributed by atoms with Gasteiger partial charge in [-0.25, -0.2) is 0 Å². The lowest BCUT2D eigenvalue weighted by Gasteiger charge is -2.44. The first kappa shape index (κ1) is 19.7. The normalized spacial score (nSPS) is 25.1. The Bertz CT molecular complexity index is 356. The van der Waals surface area contributed by atoms with Gasteiger partial charge in [0, 0.05) is 6.04 Å². The van der Waals surface area contributed by atoms with Crippen LogP contribution < -0.4 is 0 Å². The number of rotatable bonds is 4. The van der Waals surface area contributed by atoms with Crippen LogP contribution in [0.3, 0.4) is 0 Å². The van der Waals surface area contributed by atoms with Crippen molar-refractivity contribution in [1.82, 2.24) is 4.90 Å². The lowest BCUT2D eigenvalue weighted by atomic mass is 9.69. The summed E-state index contributed by atoms with van der Waals surface area (Å²) >= 11 is 0. The van der Waals surface area contributed by atoms with E-state index in [0.29, 0.717) is 11.5 Å². The van der Waals surface area contributed by atoms with E-state index < -0.39 is 0 Å². The summed E-state index contributed by atoms with van der Waals surface area (Å²) in [6.45, 7) is 20.9. The molecular formula is C21H41N. The molecule has 1 saturated heterocycles. The van der Waals surface area contributed by atoms with Crippen LogP contribution in [0.4, 0.5) is 0 Å². The maximum absolute atomic E-state index is 2.67. The zero-order valence-corrected chi connectivity index (χ0v) is 16.6. The van der Waals surface area contributed by atoms with Gasteiger partial charge in [0.05, 0.1) is 0 Å². The van der Waals surface area contributed by atoms with Gasteiger partial charge in [-0.05, 0) is 76.3 Å². The van der Waals surface area contributed by atoms with Crippen LogP contribution in [-0.2, 0) is 0 Å². The predicted molar refractivity (Wildman–Crippen MR) is 100 cm³/mol. The standard InChI is InChI=1S/C19H35N.C2H6/c1-7-16-13-19(18(14(3)4)17(16)8-2)9-11-20(12-10-19)15(5)6;1-2/h14-16H,7-13H2,1-6H3;1-2H3. The van der Waals surface area contributed by atoms with E-state index in [-0.39, 0.29) is 0 Å². The summed E-state index contributed by atoms with van der Waals surface area (Å²) in [5.74, 6) is 1.62. The molecular weight excluding hydrogens is 266 g/mol. The van der Waals surface area contributed by atoms with Crippen LogP contribution in [0, 0.1) is 17.3 Å². The van der Waals surface area contributed by atoms with Gasteiger partial charge < -0.3 is 4.90 Å². The van der Waals surface area contributed by atoms with Crippen molar-refractivity contribution in [3.63, 3.8) is 0 Å². The largest absolute Gasteiger partial charge is 0.301 e. The van der Waals surface area contributed by atoms with Crippen molar-refractivity contribution in [2.24, 2.45) is 17.3 Å². The maximum Gasteiger partial charge on any atom is 0.00386 e. The highest BCUT2D eigenvalue weighted by Crippen LogP contribution is 2.56. The SMILES string of the molecule is CC.CCC1=C(C(C)C)C2(CCN(C(C)C)CC2)CC1CC. The number of allylic oxidation sites excluding steroid dienone is 2. The van der Waals surface area contributed by atoms with Gasteiger partial charge in [-0.1, -0.05) is 52.7 Å². The van der Waals surface area contributed by atoms with Crippen molar-refractivity contribution in [2.75, 3.05) is 13.1 Å². The van der Waals surface area contributed by atoms with Crippen molar-refractivity contribution in [3.05, 3.63) is 11.1 Å². The summed E-state index contributed by atoms with van der Waals surface area (Å²) in [7, 11) is 0. The molecule has 2 aliphatic rings. The average Bonchev–Trinajstić information content (AvgIpc) is 2.83. The first-order valence-corrected chi connectivity index (χ1v) is 9.92. The van der Waals surface area contributed by atoms with Gasteiger partial charge in [-0.15, -0.1) is 0 Å². The molecule has 22 heavy (non-hydrogen) atoms. The summed E-state index contributed by atoms with van der Waals surface area (Å²) in [4.78, 5) is 2.67. The number of hydrogen-bond donors (Lipinski definition) is 0. The molecule has 130 valence electrons. The molecule has 1 nitrogen and oxygen atoms in total. The minimum atomic E-state index is 0.561. The monoisotopic (exact) mass is 307 g/mol. The molecule has 1 fully saturated rings. The third kappa shape index (κ3) is 3.78. The van der Waals surface area contributed by atoms with Gasteiger partial charge in [0.1, 0.15) is 0 Å². The molecule has 1 aliphatic heterocycles. The minimum Gasteiger partial charge on any atom is -0.301 e. The quantitative estimate of drug-likeness (QED) is 0.551. The van der Waals surface area contributed by atoms with E-state index >= 15 is 0 Å². The summed E-state index contributed by atoms with van der Waals surface area (Å²) in [6, 6.07) is 0.716. The second-order valence-corrected chi connectivity index (χ2v) is 7.67. The zero-order valence-electron chi connectivity index (χ0n) is 16.6. The molecule has 0 amide bonds. The van der Waals surface area contributed by atoms with Gasteiger partial charge >= 0.3 is 0 Å². The van der Waals surface area contributed by atoms with Crippen LogP contribution in [-0.4, -0.2) is 24.0 Å². The fourth-order valence-electron chi connectivity index (χ4n) is 5.06. The van der Waals surface area contributed by atoms with Crippen LogP contribution in [0.15, 0.2) is 11.1 Å². The molecule has 2 rings (SSSR count). The first-order chi connectivity index (χ1) is 10.4. The van der Waals surface area contributed by atoms with E-state index in [1.54, 1.807) is 0 Å². The van der Waals surface area contributed by atoms with Crippen molar-refractivity contribution in [3.8, 4) is 0 Å². The molecule has 1 unspecified atom stereocenters. The Balaban J connectivity index is 0.00000116. The Kier molecular flexibility index (Phi) is 7.65. The number of nitrogens with zero attached hydrogens (tertiary/aromatic N) is 1. The van der Waals surface area contributed by atoms with E-state index in [0.717, 1.165) is 11.8 Å². The van der Waals surface area contributed by atoms with Gasteiger partial charge in [0.2, 0.25) is 0 Å². The number of hydrogen-bond acceptors (Lipinski definition) is 1. The topological polar surface area (TPSA) is 3.24 Å². The maximum atomic E-state index is 2.67.